The molecule has 0 spiro atoms. The van der Waals surface area contributed by atoms with Crippen LogP contribution >= 0.6 is 24.0 Å². The van der Waals surface area contributed by atoms with Crippen molar-refractivity contribution in [1.82, 2.24) is 5.32 Å². The van der Waals surface area contributed by atoms with Crippen molar-refractivity contribution >= 4 is 29.9 Å². The van der Waals surface area contributed by atoms with E-state index in [0.29, 0.717) is 32.1 Å². The van der Waals surface area contributed by atoms with E-state index in [1.807, 2.05) is 6.92 Å². The largest absolute Gasteiger partial charge is 0.467 e. The summed E-state index contributed by atoms with van der Waals surface area (Å²) in [4.78, 5) is 4.14. The van der Waals surface area contributed by atoms with Crippen molar-refractivity contribution in [3.63, 3.8) is 0 Å². The Morgan fingerprint density at radius 3 is 3.05 bits per heavy atom. The van der Waals surface area contributed by atoms with Gasteiger partial charge in [0.2, 0.25) is 0 Å². The van der Waals surface area contributed by atoms with Crippen LogP contribution in [0, 0.1) is 5.82 Å². The molecule has 0 saturated carbocycles. The van der Waals surface area contributed by atoms with Crippen molar-refractivity contribution in [2.24, 2.45) is 10.7 Å². The van der Waals surface area contributed by atoms with Gasteiger partial charge in [-0.1, -0.05) is 6.92 Å². The minimum atomic E-state index is -0.277. The first-order valence-electron chi connectivity index (χ1n) is 6.76. The molecular formula is C14H21FIN3O2. The molecule has 0 unspecified atom stereocenters. The van der Waals surface area contributed by atoms with Crippen molar-refractivity contribution < 1.29 is 13.9 Å². The van der Waals surface area contributed by atoms with Crippen LogP contribution < -0.4 is 15.8 Å². The van der Waals surface area contributed by atoms with E-state index in [4.69, 9.17) is 15.2 Å². The van der Waals surface area contributed by atoms with E-state index in [9.17, 15) is 4.39 Å². The number of hydrogen-bond donors (Lipinski definition) is 2. The Morgan fingerprint density at radius 1 is 1.48 bits per heavy atom. The maximum Gasteiger partial charge on any atom is 0.189 e. The molecule has 0 radical (unpaired) electrons. The van der Waals surface area contributed by atoms with Crippen molar-refractivity contribution in [2.45, 2.75) is 26.4 Å². The first-order chi connectivity index (χ1) is 9.70. The Hall–Kier alpha value is -1.09. The van der Waals surface area contributed by atoms with E-state index in [1.165, 1.54) is 12.1 Å². The van der Waals surface area contributed by atoms with Gasteiger partial charge in [-0.2, -0.15) is 0 Å². The summed E-state index contributed by atoms with van der Waals surface area (Å²) >= 11 is 0. The second-order valence-corrected chi connectivity index (χ2v) is 4.61. The topological polar surface area (TPSA) is 68.9 Å². The Morgan fingerprint density at radius 2 is 2.29 bits per heavy atom. The van der Waals surface area contributed by atoms with Crippen molar-refractivity contribution in [2.75, 3.05) is 19.9 Å². The number of halogens is 2. The van der Waals surface area contributed by atoms with Crippen LogP contribution in [0.1, 0.15) is 24.5 Å². The number of hydrogen-bond acceptors (Lipinski definition) is 3. The van der Waals surface area contributed by atoms with E-state index >= 15 is 0 Å². The van der Waals surface area contributed by atoms with Gasteiger partial charge in [0.1, 0.15) is 11.6 Å². The monoisotopic (exact) mass is 409 g/mol. The predicted octanol–water partition coefficient (Wildman–Crippen LogP) is 2.17. The number of ether oxygens (including phenoxy) is 2. The maximum absolute atomic E-state index is 13.5. The van der Waals surface area contributed by atoms with E-state index < -0.39 is 0 Å². The fourth-order valence-corrected chi connectivity index (χ4v) is 2.06. The molecule has 1 aliphatic rings. The molecule has 5 nitrogen and oxygen atoms in total. The van der Waals surface area contributed by atoms with Gasteiger partial charge in [0.05, 0.1) is 6.61 Å². The van der Waals surface area contributed by atoms with Gasteiger partial charge < -0.3 is 20.5 Å². The first kappa shape index (κ1) is 18.0. The number of nitrogens with two attached hydrogens (primary N) is 1. The van der Waals surface area contributed by atoms with Crippen LogP contribution in [-0.4, -0.2) is 25.8 Å². The summed E-state index contributed by atoms with van der Waals surface area (Å²) in [5, 5.41) is 3.01. The normalized spacial score (nSPS) is 13.9. The summed E-state index contributed by atoms with van der Waals surface area (Å²) in [7, 11) is 0. The summed E-state index contributed by atoms with van der Waals surface area (Å²) in [6, 6.07) is 2.94. The number of guanidine groups is 1. The average Bonchev–Trinajstić information content (AvgIpc) is 2.45. The highest BCUT2D eigenvalue weighted by Gasteiger charge is 2.16. The molecule has 0 fully saturated rings. The molecule has 0 aliphatic carbocycles. The van der Waals surface area contributed by atoms with Gasteiger partial charge in [-0.3, -0.25) is 4.99 Å². The van der Waals surface area contributed by atoms with Crippen LogP contribution in [0.5, 0.6) is 5.75 Å². The van der Waals surface area contributed by atoms with Crippen LogP contribution in [0.3, 0.4) is 0 Å². The van der Waals surface area contributed by atoms with Crippen LogP contribution in [0.2, 0.25) is 0 Å². The molecular weight excluding hydrogens is 388 g/mol. The van der Waals surface area contributed by atoms with Crippen molar-refractivity contribution in [3.8, 4) is 5.75 Å². The molecule has 1 aliphatic heterocycles. The standard InChI is InChI=1S/C14H20FN3O2.HI/c1-2-4-17-14(16)18-5-3-10-6-12(15)7-11-8-19-9-20-13(10)11;/h6-7H,2-5,8-9H2,1H3,(H3,16,17,18);1H. The molecule has 0 aromatic heterocycles. The molecule has 21 heavy (non-hydrogen) atoms. The summed E-state index contributed by atoms with van der Waals surface area (Å²) in [6.45, 7) is 3.91. The number of rotatable bonds is 5. The van der Waals surface area contributed by atoms with Gasteiger partial charge in [-0.25, -0.2) is 4.39 Å². The second kappa shape index (κ2) is 9.04. The van der Waals surface area contributed by atoms with E-state index in [2.05, 4.69) is 10.3 Å². The van der Waals surface area contributed by atoms with Gasteiger partial charge in [0.15, 0.2) is 12.8 Å². The molecule has 1 heterocycles. The fraction of sp³-hybridized carbons (Fsp3) is 0.500. The summed E-state index contributed by atoms with van der Waals surface area (Å²) in [5.74, 6) is 0.866. The molecule has 0 saturated heterocycles. The minimum Gasteiger partial charge on any atom is -0.467 e. The number of aliphatic imine (C=N–C) groups is 1. The zero-order valence-electron chi connectivity index (χ0n) is 12.0. The van der Waals surface area contributed by atoms with Gasteiger partial charge in [-0.15, -0.1) is 24.0 Å². The average molecular weight is 409 g/mol. The quantitative estimate of drug-likeness (QED) is 0.445. The third-order valence-corrected chi connectivity index (χ3v) is 2.96. The number of nitrogens with zero attached hydrogens (tertiary/aromatic N) is 1. The predicted molar refractivity (Wildman–Crippen MR) is 90.6 cm³/mol. The highest BCUT2D eigenvalue weighted by molar-refractivity contribution is 14.0. The molecule has 0 amide bonds. The van der Waals surface area contributed by atoms with E-state index in [1.54, 1.807) is 0 Å². The second-order valence-electron chi connectivity index (χ2n) is 4.61. The molecule has 118 valence electrons. The summed E-state index contributed by atoms with van der Waals surface area (Å²) < 4.78 is 24.1. The van der Waals surface area contributed by atoms with Crippen LogP contribution in [0.4, 0.5) is 4.39 Å². The van der Waals surface area contributed by atoms with Crippen LogP contribution in [-0.2, 0) is 17.8 Å². The van der Waals surface area contributed by atoms with Crippen molar-refractivity contribution in [1.29, 1.82) is 0 Å². The zero-order chi connectivity index (χ0) is 14.4. The lowest BCUT2D eigenvalue weighted by atomic mass is 10.1. The Kier molecular flexibility index (Phi) is 7.73. The van der Waals surface area contributed by atoms with Gasteiger partial charge in [-0.05, 0) is 30.5 Å². The number of fused-ring (bicyclic) bond motifs is 1. The van der Waals surface area contributed by atoms with Crippen LogP contribution in [0.25, 0.3) is 0 Å². The number of nitrogens with one attached hydrogen (secondary N) is 1. The van der Waals surface area contributed by atoms with Gasteiger partial charge in [0, 0.05) is 18.7 Å². The van der Waals surface area contributed by atoms with E-state index in [0.717, 1.165) is 23.3 Å². The first-order valence-corrected chi connectivity index (χ1v) is 6.76. The van der Waals surface area contributed by atoms with Gasteiger partial charge in [0.25, 0.3) is 0 Å². The zero-order valence-corrected chi connectivity index (χ0v) is 14.4. The molecule has 0 bridgehead atoms. The molecule has 1 aromatic rings. The highest BCUT2D eigenvalue weighted by atomic mass is 127. The molecule has 2 rings (SSSR count). The Balaban J connectivity index is 0.00000220. The SMILES string of the molecule is CCCN=C(N)NCCc1cc(F)cc2c1OCOC2.I. The van der Waals surface area contributed by atoms with Crippen molar-refractivity contribution in [3.05, 3.63) is 29.1 Å². The smallest absolute Gasteiger partial charge is 0.189 e. The lowest BCUT2D eigenvalue weighted by molar-refractivity contribution is -0.0172. The minimum absolute atomic E-state index is 0. The Labute approximate surface area is 141 Å². The number of benzene rings is 1. The maximum atomic E-state index is 13.5. The highest BCUT2D eigenvalue weighted by Crippen LogP contribution is 2.29. The molecule has 0 atom stereocenters. The van der Waals surface area contributed by atoms with Gasteiger partial charge >= 0.3 is 0 Å². The third-order valence-electron chi connectivity index (χ3n) is 2.96. The van der Waals surface area contributed by atoms with E-state index in [-0.39, 0.29) is 36.6 Å². The lowest BCUT2D eigenvalue weighted by Gasteiger charge is -2.21. The molecule has 7 heteroatoms. The Bertz CT molecular complexity index is 497. The molecule has 1 aromatic carbocycles. The molecule has 3 N–H and O–H groups in total. The summed E-state index contributed by atoms with van der Waals surface area (Å²) in [5.41, 5.74) is 7.27. The van der Waals surface area contributed by atoms with Crippen LogP contribution in [0.15, 0.2) is 17.1 Å². The lowest BCUT2D eigenvalue weighted by Crippen LogP contribution is -2.33. The third kappa shape index (κ3) is 5.31. The fourth-order valence-electron chi connectivity index (χ4n) is 2.06. The summed E-state index contributed by atoms with van der Waals surface area (Å²) in [6.07, 6.45) is 1.57.